The molecule has 3 fully saturated rings. The number of aliphatic imine (C=N–C) groups is 1. The van der Waals surface area contributed by atoms with Crippen molar-refractivity contribution in [1.82, 2.24) is 45.9 Å². The van der Waals surface area contributed by atoms with Gasteiger partial charge in [-0.05, 0) is 31.1 Å². The molecule has 29 nitrogen and oxygen atoms in total. The molecule has 7 amide bonds. The highest BCUT2D eigenvalue weighted by Gasteiger charge is 2.59. The fourth-order valence-corrected chi connectivity index (χ4v) is 10.3. The second-order valence-electron chi connectivity index (χ2n) is 21.5. The number of H-pyrrole nitrogens is 1. The molecule has 0 aromatic carbocycles. The standard InChI is InChI=1S/C51H86N12O17/c1-7-8-9-10-11-12-13-14-15-16-22-62-44(71)34(39(80-47-41(77-6)36(66)29(25-52)78-47)40-37(67)38(68)45(79-40)63-24-19-30(64)57-50(63)75)61(51(62)76)23-17-20-54-42(69)33(35(65)27(4)5)58-43(70)32(28-18-21-55-48(53)56-28)60-49(74)59-31(26(2)3)46(72)73/h19,24,26-29,31-41,45,47,65-68H,7-18,20-23,25,52H2,1-6H3,(H,54,69)(H,58,70)(H,72,73)(H3,53,55,56)(H,57,64,75)(H2,59,60,74)/t28?,29-,31?,32?,33?,34?,35?,36+,37-,38-,39?,40+,41+,45-,47?/m1/s1. The van der Waals surface area contributed by atoms with Crippen LogP contribution in [0.2, 0.25) is 0 Å². The van der Waals surface area contributed by atoms with Crippen LogP contribution >= 0.6 is 0 Å². The Kier molecular flexibility index (Phi) is 25.1. The number of ether oxygens (including phenoxy) is 4. The van der Waals surface area contributed by atoms with E-state index in [2.05, 4.69) is 43.5 Å². The van der Waals surface area contributed by atoms with Crippen LogP contribution in [-0.4, -0.2) is 212 Å². The lowest BCUT2D eigenvalue weighted by Gasteiger charge is -2.36. The van der Waals surface area contributed by atoms with Crippen LogP contribution in [0.4, 0.5) is 9.59 Å². The Hall–Kier alpha value is -5.79. The van der Waals surface area contributed by atoms with Crippen LogP contribution in [-0.2, 0) is 38.1 Å². The molecule has 15 N–H and O–H groups in total. The van der Waals surface area contributed by atoms with E-state index >= 15 is 0 Å². The van der Waals surface area contributed by atoms with Crippen LogP contribution in [0.3, 0.4) is 0 Å². The molecule has 5 heterocycles. The first-order valence-corrected chi connectivity index (χ1v) is 27.9. The highest BCUT2D eigenvalue weighted by atomic mass is 16.7. The minimum atomic E-state index is -1.92. The molecule has 0 spiro atoms. The van der Waals surface area contributed by atoms with Crippen molar-refractivity contribution >= 4 is 41.7 Å². The van der Waals surface area contributed by atoms with Gasteiger partial charge < -0.3 is 87.4 Å². The molecule has 0 bridgehead atoms. The molecule has 452 valence electrons. The topological polar surface area (TPSA) is 426 Å². The monoisotopic (exact) mass is 1140 g/mol. The van der Waals surface area contributed by atoms with Crippen molar-refractivity contribution in [1.29, 1.82) is 0 Å². The predicted octanol–water partition coefficient (Wildman–Crippen LogP) is -2.38. The largest absolute Gasteiger partial charge is 0.480 e. The fourth-order valence-electron chi connectivity index (χ4n) is 10.3. The molecule has 1 aromatic rings. The van der Waals surface area contributed by atoms with E-state index in [9.17, 15) is 63.9 Å². The van der Waals surface area contributed by atoms with Crippen molar-refractivity contribution in [3.8, 4) is 0 Å². The van der Waals surface area contributed by atoms with Crippen molar-refractivity contribution < 1.29 is 73.2 Å². The lowest BCUT2D eigenvalue weighted by molar-refractivity contribution is -0.233. The molecular formula is C51H86N12O17. The first kappa shape index (κ1) is 65.0. The number of aliphatic hydroxyl groups is 4. The van der Waals surface area contributed by atoms with Crippen LogP contribution in [0.5, 0.6) is 0 Å². The molecule has 15 atom stereocenters. The zero-order valence-electron chi connectivity index (χ0n) is 46.6. The van der Waals surface area contributed by atoms with E-state index in [1.165, 1.54) is 20.0 Å². The Morgan fingerprint density at radius 2 is 1.51 bits per heavy atom. The molecule has 29 heteroatoms. The first-order valence-electron chi connectivity index (χ1n) is 27.9. The Bertz CT molecular complexity index is 2380. The van der Waals surface area contributed by atoms with Gasteiger partial charge in [-0.3, -0.25) is 38.6 Å². The van der Waals surface area contributed by atoms with E-state index in [1.54, 1.807) is 27.7 Å². The van der Waals surface area contributed by atoms with E-state index in [-0.39, 0.29) is 51.5 Å². The third-order valence-electron chi connectivity index (χ3n) is 14.9. The van der Waals surface area contributed by atoms with Crippen molar-refractivity contribution in [2.75, 3.05) is 39.8 Å². The van der Waals surface area contributed by atoms with Crippen LogP contribution in [0, 0.1) is 11.8 Å². The van der Waals surface area contributed by atoms with Crippen molar-refractivity contribution in [2.45, 2.75) is 203 Å². The summed E-state index contributed by atoms with van der Waals surface area (Å²) in [5.41, 5.74) is 10.1. The van der Waals surface area contributed by atoms with Gasteiger partial charge in [-0.2, -0.15) is 0 Å². The number of aromatic nitrogens is 2. The number of urea groups is 2. The Balaban J connectivity index is 1.41. The number of nitrogens with two attached hydrogens (primary N) is 2. The SMILES string of the molecule is CCCCCCCCCCCCN1C(=O)C(C(OC2O[C@H](CN)[C@H](O)[C@@H]2OC)[C@H]2O[C@@H](n3ccc(=O)[nH]c3=O)[C@H](O)[C@H]2O)N(CCCNC(=O)C(NC(=O)C(NC(=O)NC(C(=O)O)C(C)C)C2CCN=C(N)N2)C(O)C(C)C)C1=O. The number of aliphatic carboxylic acids is 1. The highest BCUT2D eigenvalue weighted by Crippen LogP contribution is 2.38. The van der Waals surface area contributed by atoms with Gasteiger partial charge >= 0.3 is 23.7 Å². The molecule has 0 radical (unpaired) electrons. The zero-order chi connectivity index (χ0) is 59.0. The zero-order valence-corrected chi connectivity index (χ0v) is 46.6. The summed E-state index contributed by atoms with van der Waals surface area (Å²) in [6, 6.07) is -7.81. The van der Waals surface area contributed by atoms with Gasteiger partial charge in [0.25, 0.3) is 11.5 Å². The van der Waals surface area contributed by atoms with E-state index < -0.39 is 150 Å². The number of rotatable bonds is 32. The number of methoxy groups -OCH3 is 1. The number of nitrogens with one attached hydrogen (secondary N) is 6. The molecule has 8 unspecified atom stereocenters. The van der Waals surface area contributed by atoms with E-state index in [0.29, 0.717) is 12.8 Å². The average Bonchev–Trinajstić information content (AvgIpc) is 4.08. The quantitative estimate of drug-likeness (QED) is 0.0265. The summed E-state index contributed by atoms with van der Waals surface area (Å²) in [5, 5.41) is 68.2. The molecule has 0 saturated carbocycles. The summed E-state index contributed by atoms with van der Waals surface area (Å²) in [6.07, 6.45) is -4.71. The van der Waals surface area contributed by atoms with Crippen LogP contribution in [0.1, 0.15) is 118 Å². The molecule has 0 aliphatic carbocycles. The number of nitrogens with zero attached hydrogens (tertiary/aromatic N) is 4. The van der Waals surface area contributed by atoms with Gasteiger partial charge in [0.15, 0.2) is 18.5 Å². The number of carbonyl (C=O) groups is 6. The number of carbonyl (C=O) groups excluding carboxylic acids is 5. The maximum absolute atomic E-state index is 14.9. The summed E-state index contributed by atoms with van der Waals surface area (Å²) in [5.74, 6) is -5.13. The number of aromatic amines is 1. The van der Waals surface area contributed by atoms with E-state index in [4.69, 9.17) is 30.4 Å². The number of carboxylic acids is 1. The third kappa shape index (κ3) is 16.7. The van der Waals surface area contributed by atoms with Gasteiger partial charge in [0, 0.05) is 52.1 Å². The van der Waals surface area contributed by atoms with Gasteiger partial charge in [-0.1, -0.05) is 92.4 Å². The van der Waals surface area contributed by atoms with Gasteiger partial charge in [0.05, 0.1) is 12.1 Å². The van der Waals surface area contributed by atoms with Crippen molar-refractivity contribution in [2.24, 2.45) is 28.3 Å². The summed E-state index contributed by atoms with van der Waals surface area (Å²) in [7, 11) is 1.26. The number of hydrogen-bond donors (Lipinski definition) is 13. The van der Waals surface area contributed by atoms with Gasteiger partial charge in [-0.25, -0.2) is 19.2 Å². The number of guanidine groups is 1. The normalized spacial score (nSPS) is 26.9. The van der Waals surface area contributed by atoms with Gasteiger partial charge in [0.2, 0.25) is 11.8 Å². The molecule has 4 aliphatic rings. The molecular weight excluding hydrogens is 1050 g/mol. The lowest BCUT2D eigenvalue weighted by Crippen LogP contribution is -2.66. The first-order chi connectivity index (χ1) is 38.1. The fraction of sp³-hybridized carbons (Fsp3) is 0.784. The Morgan fingerprint density at radius 1 is 0.850 bits per heavy atom. The molecule has 4 aliphatic heterocycles. The Morgan fingerprint density at radius 3 is 2.10 bits per heavy atom. The van der Waals surface area contributed by atoms with Crippen LogP contribution in [0.15, 0.2) is 26.8 Å². The minimum absolute atomic E-state index is 0.0229. The number of hydrogen-bond acceptors (Lipinski definition) is 20. The summed E-state index contributed by atoms with van der Waals surface area (Å²) in [6.45, 7) is 7.92. The van der Waals surface area contributed by atoms with Gasteiger partial charge in [0.1, 0.15) is 66.9 Å². The third-order valence-corrected chi connectivity index (χ3v) is 14.9. The molecule has 1 aromatic heterocycles. The Labute approximate surface area is 464 Å². The summed E-state index contributed by atoms with van der Waals surface area (Å²) < 4.78 is 25.0. The number of unbranched alkanes of at least 4 members (excludes halogenated alkanes) is 9. The predicted molar refractivity (Wildman–Crippen MR) is 286 cm³/mol. The van der Waals surface area contributed by atoms with E-state index in [0.717, 1.165) is 65.2 Å². The highest BCUT2D eigenvalue weighted by molar-refractivity contribution is 6.04. The lowest BCUT2D eigenvalue weighted by atomic mass is 9.97. The summed E-state index contributed by atoms with van der Waals surface area (Å²) >= 11 is 0. The summed E-state index contributed by atoms with van der Waals surface area (Å²) in [4.78, 5) is 116. The number of imide groups is 1. The van der Waals surface area contributed by atoms with Crippen LogP contribution in [0.25, 0.3) is 0 Å². The number of aliphatic hydroxyl groups excluding tert-OH is 4. The maximum Gasteiger partial charge on any atom is 0.330 e. The van der Waals surface area contributed by atoms with E-state index in [1.807, 2.05) is 0 Å². The van der Waals surface area contributed by atoms with Gasteiger partial charge in [-0.15, -0.1) is 0 Å². The smallest absolute Gasteiger partial charge is 0.330 e. The number of carboxylic acid groups (broad SMARTS) is 1. The molecule has 5 rings (SSSR count). The second kappa shape index (κ2) is 30.9. The maximum atomic E-state index is 14.9. The number of amides is 7. The molecule has 3 saturated heterocycles. The molecule has 80 heavy (non-hydrogen) atoms. The minimum Gasteiger partial charge on any atom is -0.480 e. The second-order valence-corrected chi connectivity index (χ2v) is 21.5. The average molecular weight is 1140 g/mol. The van der Waals surface area contributed by atoms with Crippen molar-refractivity contribution in [3.63, 3.8) is 0 Å². The van der Waals surface area contributed by atoms with Crippen LogP contribution < -0.4 is 49.3 Å². The van der Waals surface area contributed by atoms with Crippen molar-refractivity contribution in [3.05, 3.63) is 33.1 Å².